The molecule has 0 aromatic carbocycles. The van der Waals surface area contributed by atoms with Crippen LogP contribution in [-0.4, -0.2) is 17.0 Å². The van der Waals surface area contributed by atoms with E-state index >= 15 is 0 Å². The molecule has 0 bridgehead atoms. The predicted molar refractivity (Wildman–Crippen MR) is 67.9 cm³/mol. The zero-order chi connectivity index (χ0) is 11.4. The summed E-state index contributed by atoms with van der Waals surface area (Å²) in [6.45, 7) is 2.13. The number of nitrogens with zero attached hydrogens (tertiary/aromatic N) is 2. The van der Waals surface area contributed by atoms with Crippen molar-refractivity contribution in [1.82, 2.24) is 15.3 Å². The maximum absolute atomic E-state index is 4.41. The number of thiazole rings is 1. The van der Waals surface area contributed by atoms with Gasteiger partial charge in [-0.15, -0.1) is 11.3 Å². The van der Waals surface area contributed by atoms with Crippen molar-refractivity contribution >= 4 is 23.1 Å². The average molecular weight is 251 g/mol. The molecule has 2 aromatic heterocycles. The fourth-order valence-corrected chi connectivity index (χ4v) is 3.03. The van der Waals surface area contributed by atoms with Crippen LogP contribution in [0.4, 0.5) is 0 Å². The van der Waals surface area contributed by atoms with Crippen molar-refractivity contribution in [3.8, 4) is 0 Å². The summed E-state index contributed by atoms with van der Waals surface area (Å²) >= 11 is 3.26. The van der Waals surface area contributed by atoms with E-state index < -0.39 is 0 Å². The van der Waals surface area contributed by atoms with Gasteiger partial charge < -0.3 is 5.32 Å². The van der Waals surface area contributed by atoms with Crippen LogP contribution >= 0.6 is 23.1 Å². The molecule has 84 valence electrons. The van der Waals surface area contributed by atoms with E-state index in [0.717, 1.165) is 9.37 Å². The van der Waals surface area contributed by atoms with E-state index in [4.69, 9.17) is 0 Å². The highest BCUT2D eigenvalue weighted by atomic mass is 32.2. The van der Waals surface area contributed by atoms with Crippen LogP contribution in [0.5, 0.6) is 0 Å². The fraction of sp³-hybridized carbons (Fsp3) is 0.273. The summed E-state index contributed by atoms with van der Waals surface area (Å²) in [7, 11) is 1.95. The van der Waals surface area contributed by atoms with E-state index in [1.54, 1.807) is 23.1 Å². The number of hydrogen-bond acceptors (Lipinski definition) is 5. The maximum Gasteiger partial charge on any atom is 0.156 e. The second-order valence-electron chi connectivity index (χ2n) is 3.31. The number of rotatable bonds is 4. The van der Waals surface area contributed by atoms with Crippen LogP contribution in [0.25, 0.3) is 0 Å². The second kappa shape index (κ2) is 5.43. The topological polar surface area (TPSA) is 37.8 Å². The van der Waals surface area contributed by atoms with E-state index in [2.05, 4.69) is 28.3 Å². The number of aromatic nitrogens is 2. The largest absolute Gasteiger partial charge is 0.313 e. The summed E-state index contributed by atoms with van der Waals surface area (Å²) in [6, 6.07) is 4.37. The summed E-state index contributed by atoms with van der Waals surface area (Å²) in [5.74, 6) is 0. The van der Waals surface area contributed by atoms with Gasteiger partial charge in [-0.3, -0.25) is 0 Å². The standard InChI is InChI=1S/C11H13N3S2/c1-8(12-2)9-4-3-5-13-10(9)16-11-14-6-7-15-11/h3-8,12H,1-2H3. The SMILES string of the molecule is CNC(C)c1cccnc1Sc1nccs1. The van der Waals surface area contributed by atoms with Crippen molar-refractivity contribution in [2.45, 2.75) is 22.3 Å². The van der Waals surface area contributed by atoms with Gasteiger partial charge in [0, 0.05) is 29.4 Å². The highest BCUT2D eigenvalue weighted by Crippen LogP contribution is 2.32. The Morgan fingerprint density at radius 3 is 2.94 bits per heavy atom. The van der Waals surface area contributed by atoms with Crippen molar-refractivity contribution in [1.29, 1.82) is 0 Å². The molecule has 5 heteroatoms. The van der Waals surface area contributed by atoms with Crippen molar-refractivity contribution in [3.05, 3.63) is 35.5 Å². The Labute approximate surface area is 103 Å². The molecule has 1 atom stereocenters. The lowest BCUT2D eigenvalue weighted by atomic mass is 10.1. The van der Waals surface area contributed by atoms with Crippen LogP contribution in [0, 0.1) is 0 Å². The Morgan fingerprint density at radius 1 is 1.38 bits per heavy atom. The van der Waals surface area contributed by atoms with Gasteiger partial charge in [-0.1, -0.05) is 6.07 Å². The Morgan fingerprint density at radius 2 is 2.25 bits per heavy atom. The van der Waals surface area contributed by atoms with Gasteiger partial charge in [0.1, 0.15) is 5.03 Å². The minimum Gasteiger partial charge on any atom is -0.313 e. The van der Waals surface area contributed by atoms with Gasteiger partial charge in [0.15, 0.2) is 4.34 Å². The molecule has 2 rings (SSSR count). The Bertz CT molecular complexity index is 442. The normalized spacial score (nSPS) is 12.6. The van der Waals surface area contributed by atoms with Gasteiger partial charge in [0.25, 0.3) is 0 Å². The first-order valence-corrected chi connectivity index (χ1v) is 6.70. The molecule has 0 saturated carbocycles. The van der Waals surface area contributed by atoms with Crippen LogP contribution in [0.2, 0.25) is 0 Å². The van der Waals surface area contributed by atoms with Crippen molar-refractivity contribution in [3.63, 3.8) is 0 Å². The Kier molecular flexibility index (Phi) is 3.93. The van der Waals surface area contributed by atoms with Crippen molar-refractivity contribution in [2.75, 3.05) is 7.05 Å². The molecular weight excluding hydrogens is 238 g/mol. The fourth-order valence-electron chi connectivity index (χ4n) is 1.32. The van der Waals surface area contributed by atoms with Crippen LogP contribution in [0.15, 0.2) is 39.3 Å². The number of pyridine rings is 1. The average Bonchev–Trinajstić information content (AvgIpc) is 2.82. The molecule has 0 amide bonds. The van der Waals surface area contributed by atoms with Gasteiger partial charge in [0.05, 0.1) is 0 Å². The Balaban J connectivity index is 2.26. The van der Waals surface area contributed by atoms with Crippen molar-refractivity contribution in [2.24, 2.45) is 0 Å². The highest BCUT2D eigenvalue weighted by molar-refractivity contribution is 8.01. The van der Waals surface area contributed by atoms with Gasteiger partial charge >= 0.3 is 0 Å². The van der Waals surface area contributed by atoms with Crippen LogP contribution in [0.1, 0.15) is 18.5 Å². The third-order valence-electron chi connectivity index (χ3n) is 2.29. The van der Waals surface area contributed by atoms with E-state index in [9.17, 15) is 0 Å². The predicted octanol–water partition coefficient (Wildman–Crippen LogP) is 2.97. The molecule has 3 nitrogen and oxygen atoms in total. The molecule has 0 aliphatic rings. The van der Waals surface area contributed by atoms with E-state index in [0.29, 0.717) is 6.04 Å². The van der Waals surface area contributed by atoms with Crippen LogP contribution < -0.4 is 5.32 Å². The molecule has 2 aromatic rings. The summed E-state index contributed by atoms with van der Waals surface area (Å²) in [4.78, 5) is 8.67. The highest BCUT2D eigenvalue weighted by Gasteiger charge is 2.11. The van der Waals surface area contributed by atoms with Crippen LogP contribution in [0.3, 0.4) is 0 Å². The number of hydrogen-bond donors (Lipinski definition) is 1. The van der Waals surface area contributed by atoms with E-state index in [1.165, 1.54) is 5.56 Å². The monoisotopic (exact) mass is 251 g/mol. The molecule has 16 heavy (non-hydrogen) atoms. The smallest absolute Gasteiger partial charge is 0.156 e. The molecule has 0 fully saturated rings. The molecule has 0 spiro atoms. The van der Waals surface area contributed by atoms with Crippen molar-refractivity contribution < 1.29 is 0 Å². The zero-order valence-electron chi connectivity index (χ0n) is 9.18. The van der Waals surface area contributed by atoms with Gasteiger partial charge in [-0.05, 0) is 31.8 Å². The summed E-state index contributed by atoms with van der Waals surface area (Å²) in [5, 5.41) is 6.24. The first-order chi connectivity index (χ1) is 7.81. The molecule has 0 aliphatic carbocycles. The number of nitrogens with one attached hydrogen (secondary N) is 1. The molecule has 0 aliphatic heterocycles. The summed E-state index contributed by atoms with van der Waals surface area (Å²) in [5.41, 5.74) is 1.21. The minimum absolute atomic E-state index is 0.302. The van der Waals surface area contributed by atoms with Gasteiger partial charge in [-0.2, -0.15) is 0 Å². The second-order valence-corrected chi connectivity index (χ2v) is 5.44. The molecule has 1 unspecified atom stereocenters. The lowest BCUT2D eigenvalue weighted by Gasteiger charge is -2.13. The maximum atomic E-state index is 4.41. The van der Waals surface area contributed by atoms with Crippen LogP contribution in [-0.2, 0) is 0 Å². The molecule has 2 heterocycles. The first kappa shape index (κ1) is 11.6. The minimum atomic E-state index is 0.302. The van der Waals surface area contributed by atoms with E-state index in [-0.39, 0.29) is 0 Å². The van der Waals surface area contributed by atoms with E-state index in [1.807, 2.05) is 30.9 Å². The molecule has 0 saturated heterocycles. The summed E-state index contributed by atoms with van der Waals surface area (Å²) < 4.78 is 1.03. The zero-order valence-corrected chi connectivity index (χ0v) is 10.8. The third-order valence-corrected chi connectivity index (χ3v) is 4.21. The molecular formula is C11H13N3S2. The first-order valence-electron chi connectivity index (χ1n) is 5.01. The quantitative estimate of drug-likeness (QED) is 0.906. The van der Waals surface area contributed by atoms with Gasteiger partial charge in [-0.25, -0.2) is 9.97 Å². The third kappa shape index (κ3) is 2.61. The molecule has 0 radical (unpaired) electrons. The Hall–Kier alpha value is -0.910. The lowest BCUT2D eigenvalue weighted by Crippen LogP contribution is -2.13. The lowest BCUT2D eigenvalue weighted by molar-refractivity contribution is 0.634. The van der Waals surface area contributed by atoms with Gasteiger partial charge in [0.2, 0.25) is 0 Å². The summed E-state index contributed by atoms with van der Waals surface area (Å²) in [6.07, 6.45) is 3.64. The molecule has 1 N–H and O–H groups in total.